The molecule has 2 heterocycles. The molecule has 0 aromatic heterocycles. The molecule has 0 radical (unpaired) electrons. The zero-order valence-electron chi connectivity index (χ0n) is 14.1. The number of rotatable bonds is 3. The molecule has 2 fully saturated rings. The summed E-state index contributed by atoms with van der Waals surface area (Å²) in [6.07, 6.45) is 2.84. The minimum atomic E-state index is -0.0222. The summed E-state index contributed by atoms with van der Waals surface area (Å²) in [7, 11) is 0. The van der Waals surface area contributed by atoms with Gasteiger partial charge in [0.2, 0.25) is 11.8 Å². The average molecular weight is 310 g/mol. The van der Waals surface area contributed by atoms with Gasteiger partial charge in [0.1, 0.15) is 0 Å². The van der Waals surface area contributed by atoms with Gasteiger partial charge in [0.15, 0.2) is 0 Å². The van der Waals surface area contributed by atoms with Gasteiger partial charge in [-0.1, -0.05) is 13.8 Å². The second-order valence-electron chi connectivity index (χ2n) is 7.47. The predicted molar refractivity (Wildman–Crippen MR) is 86.2 cm³/mol. The van der Waals surface area contributed by atoms with E-state index >= 15 is 0 Å². The largest absolute Gasteiger partial charge is 0.352 e. The molecule has 6 heteroatoms. The Morgan fingerprint density at radius 2 is 2.00 bits per heavy atom. The van der Waals surface area contributed by atoms with Crippen molar-refractivity contribution in [3.8, 4) is 0 Å². The summed E-state index contributed by atoms with van der Waals surface area (Å²) in [6, 6.07) is 0.305. The number of likely N-dealkylation sites (tertiary alicyclic amines) is 2. The van der Waals surface area contributed by atoms with E-state index in [1.807, 2.05) is 4.90 Å². The van der Waals surface area contributed by atoms with Gasteiger partial charge in [-0.25, -0.2) is 0 Å². The van der Waals surface area contributed by atoms with Gasteiger partial charge in [-0.2, -0.15) is 0 Å². The van der Waals surface area contributed by atoms with Gasteiger partial charge in [-0.05, 0) is 24.7 Å². The Bertz CT molecular complexity index is 424. The minimum Gasteiger partial charge on any atom is -0.352 e. The van der Waals surface area contributed by atoms with Crippen LogP contribution in [0.4, 0.5) is 0 Å². The maximum Gasteiger partial charge on any atom is 0.236 e. The smallest absolute Gasteiger partial charge is 0.236 e. The normalized spacial score (nSPS) is 29.2. The molecular weight excluding hydrogens is 280 g/mol. The van der Waals surface area contributed by atoms with Crippen molar-refractivity contribution in [3.05, 3.63) is 0 Å². The first-order valence-electron chi connectivity index (χ1n) is 8.31. The number of nitrogens with one attached hydrogen (secondary N) is 1. The summed E-state index contributed by atoms with van der Waals surface area (Å²) >= 11 is 0. The van der Waals surface area contributed by atoms with Crippen LogP contribution in [-0.2, 0) is 9.59 Å². The first-order chi connectivity index (χ1) is 10.3. The van der Waals surface area contributed by atoms with Crippen molar-refractivity contribution in [2.75, 3.05) is 32.7 Å². The van der Waals surface area contributed by atoms with Crippen molar-refractivity contribution in [2.45, 2.75) is 52.1 Å². The van der Waals surface area contributed by atoms with Crippen LogP contribution in [0.1, 0.15) is 40.0 Å². The van der Waals surface area contributed by atoms with Crippen molar-refractivity contribution in [3.63, 3.8) is 0 Å². The first-order valence-corrected chi connectivity index (χ1v) is 8.31. The third-order valence-electron chi connectivity index (χ3n) is 4.93. The lowest BCUT2D eigenvalue weighted by Gasteiger charge is -2.43. The zero-order valence-corrected chi connectivity index (χ0v) is 14.1. The Hall–Kier alpha value is -1.14. The third kappa shape index (κ3) is 4.43. The van der Waals surface area contributed by atoms with Crippen LogP contribution in [0.2, 0.25) is 0 Å². The molecule has 6 nitrogen and oxygen atoms in total. The van der Waals surface area contributed by atoms with E-state index in [2.05, 4.69) is 24.1 Å². The molecule has 2 atom stereocenters. The Kier molecular flexibility index (Phi) is 5.45. The minimum absolute atomic E-state index is 0.0222. The maximum atomic E-state index is 12.5. The highest BCUT2D eigenvalue weighted by atomic mass is 16.2. The summed E-state index contributed by atoms with van der Waals surface area (Å²) in [4.78, 5) is 27.8. The molecule has 2 unspecified atom stereocenters. The highest BCUT2D eigenvalue weighted by molar-refractivity contribution is 5.78. The Balaban J connectivity index is 1.85. The fraction of sp³-hybridized carbons (Fsp3) is 0.875. The molecule has 0 spiro atoms. The van der Waals surface area contributed by atoms with E-state index in [1.165, 1.54) is 6.92 Å². The van der Waals surface area contributed by atoms with Crippen LogP contribution in [0.3, 0.4) is 0 Å². The molecule has 0 aromatic rings. The van der Waals surface area contributed by atoms with Gasteiger partial charge in [-0.15, -0.1) is 0 Å². The molecule has 126 valence electrons. The van der Waals surface area contributed by atoms with Gasteiger partial charge in [0.05, 0.1) is 6.54 Å². The molecule has 0 bridgehead atoms. The lowest BCUT2D eigenvalue weighted by atomic mass is 9.80. The molecule has 2 saturated heterocycles. The van der Waals surface area contributed by atoms with Gasteiger partial charge >= 0.3 is 0 Å². The van der Waals surface area contributed by atoms with Crippen LogP contribution in [0.25, 0.3) is 0 Å². The number of carbonyl (C=O) groups is 2. The van der Waals surface area contributed by atoms with Crippen molar-refractivity contribution in [2.24, 2.45) is 11.1 Å². The summed E-state index contributed by atoms with van der Waals surface area (Å²) in [5.74, 6) is 0.146. The summed E-state index contributed by atoms with van der Waals surface area (Å²) in [5.41, 5.74) is 6.21. The first kappa shape index (κ1) is 17.2. The number of carbonyl (C=O) groups excluding carboxylic acids is 2. The monoisotopic (exact) mass is 310 g/mol. The van der Waals surface area contributed by atoms with Crippen LogP contribution in [0.15, 0.2) is 0 Å². The van der Waals surface area contributed by atoms with Crippen molar-refractivity contribution < 1.29 is 9.59 Å². The number of nitrogens with zero attached hydrogens (tertiary/aromatic N) is 2. The lowest BCUT2D eigenvalue weighted by molar-refractivity contribution is -0.135. The molecule has 2 aliphatic rings. The maximum absolute atomic E-state index is 12.5. The van der Waals surface area contributed by atoms with E-state index in [0.29, 0.717) is 13.1 Å². The topological polar surface area (TPSA) is 78.7 Å². The predicted octanol–water partition coefficient (Wildman–Crippen LogP) is 0.173. The lowest BCUT2D eigenvalue weighted by Crippen LogP contribution is -2.56. The van der Waals surface area contributed by atoms with E-state index in [-0.39, 0.29) is 29.3 Å². The van der Waals surface area contributed by atoms with E-state index in [9.17, 15) is 9.59 Å². The highest BCUT2D eigenvalue weighted by Crippen LogP contribution is 2.27. The van der Waals surface area contributed by atoms with Gasteiger partial charge in [0, 0.05) is 45.2 Å². The fourth-order valence-electron chi connectivity index (χ4n) is 3.52. The quantitative estimate of drug-likeness (QED) is 0.779. The number of nitrogens with two attached hydrogens (primary N) is 1. The molecule has 2 rings (SSSR count). The standard InChI is InChI=1S/C16H30N4O2/c1-12(21)18-13-5-4-7-20(9-13)15(22)10-19-8-6-14(17)16(2,3)11-19/h13-14H,4-11,17H2,1-3H3,(H,18,21). The van der Waals surface area contributed by atoms with E-state index < -0.39 is 0 Å². The van der Waals surface area contributed by atoms with Crippen LogP contribution in [-0.4, -0.2) is 66.4 Å². The molecule has 0 aromatic carbocycles. The summed E-state index contributed by atoms with van der Waals surface area (Å²) < 4.78 is 0. The van der Waals surface area contributed by atoms with Gasteiger partial charge in [-0.3, -0.25) is 14.5 Å². The molecule has 2 amide bonds. The average Bonchev–Trinajstić information content (AvgIpc) is 2.42. The van der Waals surface area contributed by atoms with E-state index in [0.717, 1.165) is 38.9 Å². The van der Waals surface area contributed by atoms with Gasteiger partial charge in [0.25, 0.3) is 0 Å². The summed E-state index contributed by atoms with van der Waals surface area (Å²) in [5, 5.41) is 2.93. The van der Waals surface area contributed by atoms with Gasteiger partial charge < -0.3 is 16.0 Å². The van der Waals surface area contributed by atoms with E-state index in [4.69, 9.17) is 5.73 Å². The summed E-state index contributed by atoms with van der Waals surface area (Å²) in [6.45, 7) is 9.51. The van der Waals surface area contributed by atoms with E-state index in [1.54, 1.807) is 0 Å². The van der Waals surface area contributed by atoms with Crippen LogP contribution < -0.4 is 11.1 Å². The van der Waals surface area contributed by atoms with Crippen LogP contribution in [0.5, 0.6) is 0 Å². The molecule has 22 heavy (non-hydrogen) atoms. The highest BCUT2D eigenvalue weighted by Gasteiger charge is 2.35. The molecular formula is C16H30N4O2. The molecule has 3 N–H and O–H groups in total. The zero-order chi connectivity index (χ0) is 16.3. The van der Waals surface area contributed by atoms with Crippen molar-refractivity contribution >= 4 is 11.8 Å². The molecule has 0 aliphatic carbocycles. The Morgan fingerprint density at radius 3 is 2.64 bits per heavy atom. The number of hydrogen-bond acceptors (Lipinski definition) is 4. The molecule has 2 aliphatic heterocycles. The van der Waals surface area contributed by atoms with Crippen molar-refractivity contribution in [1.29, 1.82) is 0 Å². The number of piperidine rings is 2. The Labute approximate surface area is 133 Å². The second kappa shape index (κ2) is 6.96. The molecule has 0 saturated carbocycles. The van der Waals surface area contributed by atoms with Crippen molar-refractivity contribution in [1.82, 2.24) is 15.1 Å². The number of amides is 2. The number of hydrogen-bond donors (Lipinski definition) is 2. The second-order valence-corrected chi connectivity index (χ2v) is 7.47. The fourth-order valence-corrected chi connectivity index (χ4v) is 3.52. The SMILES string of the molecule is CC(=O)NC1CCCN(C(=O)CN2CCC(N)C(C)(C)C2)C1. The Morgan fingerprint density at radius 1 is 1.27 bits per heavy atom. The van der Waals surface area contributed by atoms with Crippen LogP contribution in [0, 0.1) is 5.41 Å². The van der Waals surface area contributed by atoms with Crippen LogP contribution >= 0.6 is 0 Å². The third-order valence-corrected chi connectivity index (χ3v) is 4.93.